The van der Waals surface area contributed by atoms with E-state index in [4.69, 9.17) is 4.74 Å². The lowest BCUT2D eigenvalue weighted by Crippen LogP contribution is -2.44. The van der Waals surface area contributed by atoms with Crippen LogP contribution in [-0.2, 0) is 9.53 Å². The van der Waals surface area contributed by atoms with E-state index >= 15 is 0 Å². The number of carbonyl (C=O) groups excluding carboxylic acids is 1. The second-order valence-electron chi connectivity index (χ2n) is 6.29. The molecule has 0 bridgehead atoms. The van der Waals surface area contributed by atoms with Gasteiger partial charge >= 0.3 is 0 Å². The highest BCUT2D eigenvalue weighted by atomic mass is 32.1. The minimum absolute atomic E-state index is 0.133. The van der Waals surface area contributed by atoms with E-state index in [1.165, 1.54) is 19.3 Å². The molecule has 116 valence electrons. The van der Waals surface area contributed by atoms with Crippen molar-refractivity contribution in [1.82, 2.24) is 9.88 Å². The molecule has 1 saturated heterocycles. The zero-order valence-corrected chi connectivity index (χ0v) is 13.7. The van der Waals surface area contributed by atoms with Gasteiger partial charge in [0.25, 0.3) is 5.91 Å². The van der Waals surface area contributed by atoms with E-state index in [9.17, 15) is 4.79 Å². The zero-order chi connectivity index (χ0) is 14.8. The van der Waals surface area contributed by atoms with Gasteiger partial charge in [-0.1, -0.05) is 0 Å². The molecule has 0 radical (unpaired) electrons. The molecule has 21 heavy (non-hydrogen) atoms. The molecule has 1 amide bonds. The number of amides is 1. The van der Waals surface area contributed by atoms with Gasteiger partial charge in [-0.05, 0) is 51.9 Å². The first-order valence-electron chi connectivity index (χ1n) is 7.99. The van der Waals surface area contributed by atoms with Gasteiger partial charge in [-0.3, -0.25) is 4.79 Å². The topological polar surface area (TPSA) is 42.4 Å². The normalized spacial score (nSPS) is 24.1. The summed E-state index contributed by atoms with van der Waals surface area (Å²) in [4.78, 5) is 19.3. The van der Waals surface area contributed by atoms with Crippen LogP contribution >= 0.6 is 11.3 Å². The van der Waals surface area contributed by atoms with E-state index in [1.54, 1.807) is 11.3 Å². The SMILES string of the molecule is Cc1csc([C@H]2CCCCN2C(=O)[C@@H](C)OCC2CC2)n1. The van der Waals surface area contributed by atoms with Gasteiger partial charge < -0.3 is 9.64 Å². The number of piperidine rings is 1. The van der Waals surface area contributed by atoms with E-state index in [0.29, 0.717) is 5.92 Å². The maximum Gasteiger partial charge on any atom is 0.252 e. The summed E-state index contributed by atoms with van der Waals surface area (Å²) in [5, 5.41) is 3.15. The molecule has 2 fully saturated rings. The van der Waals surface area contributed by atoms with Crippen LogP contribution in [0.25, 0.3) is 0 Å². The Hall–Kier alpha value is -0.940. The Balaban J connectivity index is 1.66. The Morgan fingerprint density at radius 2 is 2.29 bits per heavy atom. The smallest absolute Gasteiger partial charge is 0.252 e. The van der Waals surface area contributed by atoms with E-state index in [2.05, 4.69) is 10.4 Å². The number of nitrogens with zero attached hydrogens (tertiary/aromatic N) is 2. The van der Waals surface area contributed by atoms with Crippen LogP contribution in [0.15, 0.2) is 5.38 Å². The lowest BCUT2D eigenvalue weighted by Gasteiger charge is -2.36. The first-order chi connectivity index (χ1) is 10.1. The second kappa shape index (κ2) is 6.44. The predicted molar refractivity (Wildman–Crippen MR) is 83.3 cm³/mol. The number of ether oxygens (including phenoxy) is 1. The third-order valence-electron chi connectivity index (χ3n) is 4.33. The van der Waals surface area contributed by atoms with Gasteiger partial charge in [-0.15, -0.1) is 11.3 Å². The molecule has 2 heterocycles. The molecule has 1 aliphatic carbocycles. The molecule has 0 spiro atoms. The maximum atomic E-state index is 12.7. The molecule has 1 saturated carbocycles. The first-order valence-corrected chi connectivity index (χ1v) is 8.87. The van der Waals surface area contributed by atoms with Gasteiger partial charge in [-0.2, -0.15) is 0 Å². The summed E-state index contributed by atoms with van der Waals surface area (Å²) in [6, 6.07) is 0.150. The van der Waals surface area contributed by atoms with Crippen molar-refractivity contribution in [2.75, 3.05) is 13.2 Å². The summed E-state index contributed by atoms with van der Waals surface area (Å²) >= 11 is 1.67. The molecule has 0 aromatic carbocycles. The standard InChI is InChI=1S/C16H24N2O2S/c1-11-10-21-15(17-11)14-5-3-4-8-18(14)16(19)12(2)20-9-13-6-7-13/h10,12-14H,3-9H2,1-2H3/t12-,14-/m1/s1. The van der Waals surface area contributed by atoms with Crippen LogP contribution < -0.4 is 0 Å². The van der Waals surface area contributed by atoms with Gasteiger partial charge in [0.1, 0.15) is 11.1 Å². The van der Waals surface area contributed by atoms with Crippen molar-refractivity contribution in [3.05, 3.63) is 16.1 Å². The number of thiazole rings is 1. The number of hydrogen-bond acceptors (Lipinski definition) is 4. The third kappa shape index (κ3) is 3.64. The predicted octanol–water partition coefficient (Wildman–Crippen LogP) is 3.32. The monoisotopic (exact) mass is 308 g/mol. The quantitative estimate of drug-likeness (QED) is 0.838. The van der Waals surface area contributed by atoms with Crippen LogP contribution in [0.2, 0.25) is 0 Å². The number of hydrogen-bond donors (Lipinski definition) is 0. The number of aryl methyl sites for hydroxylation is 1. The van der Waals surface area contributed by atoms with Crippen molar-refractivity contribution >= 4 is 17.2 Å². The Morgan fingerprint density at radius 3 is 2.95 bits per heavy atom. The van der Waals surface area contributed by atoms with E-state index in [0.717, 1.165) is 36.7 Å². The maximum absolute atomic E-state index is 12.7. The number of carbonyl (C=O) groups is 1. The van der Waals surface area contributed by atoms with Gasteiger partial charge in [0.15, 0.2) is 0 Å². The molecule has 1 aromatic heterocycles. The average molecular weight is 308 g/mol. The summed E-state index contributed by atoms with van der Waals surface area (Å²) in [5.41, 5.74) is 1.05. The molecule has 1 aliphatic heterocycles. The highest BCUT2D eigenvalue weighted by molar-refractivity contribution is 7.09. The van der Waals surface area contributed by atoms with E-state index < -0.39 is 0 Å². The van der Waals surface area contributed by atoms with Crippen LogP contribution in [0.4, 0.5) is 0 Å². The molecule has 5 heteroatoms. The summed E-state index contributed by atoms with van der Waals surface area (Å²) in [7, 11) is 0. The fourth-order valence-corrected chi connectivity index (χ4v) is 3.79. The average Bonchev–Trinajstić information content (AvgIpc) is 3.24. The fraction of sp³-hybridized carbons (Fsp3) is 0.750. The van der Waals surface area contributed by atoms with Crippen LogP contribution in [0.1, 0.15) is 55.8 Å². The summed E-state index contributed by atoms with van der Waals surface area (Å²) in [5.74, 6) is 0.826. The van der Waals surface area contributed by atoms with Crippen molar-refractivity contribution in [3.63, 3.8) is 0 Å². The summed E-state index contributed by atoms with van der Waals surface area (Å²) in [6.07, 6.45) is 5.46. The Bertz CT molecular complexity index is 498. The number of likely N-dealkylation sites (tertiary alicyclic amines) is 1. The highest BCUT2D eigenvalue weighted by Gasteiger charge is 2.33. The van der Waals surface area contributed by atoms with Crippen LogP contribution in [-0.4, -0.2) is 35.0 Å². The second-order valence-corrected chi connectivity index (χ2v) is 7.18. The largest absolute Gasteiger partial charge is 0.368 e. The van der Waals surface area contributed by atoms with E-state index in [1.807, 2.05) is 18.7 Å². The van der Waals surface area contributed by atoms with Crippen molar-refractivity contribution < 1.29 is 9.53 Å². The first kappa shape index (κ1) is 15.0. The molecule has 2 aliphatic rings. The third-order valence-corrected chi connectivity index (χ3v) is 5.40. The molecule has 4 nitrogen and oxygen atoms in total. The van der Waals surface area contributed by atoms with Crippen molar-refractivity contribution in [1.29, 1.82) is 0 Å². The molecule has 2 atom stereocenters. The van der Waals surface area contributed by atoms with Gasteiger partial charge in [-0.25, -0.2) is 4.98 Å². The number of aromatic nitrogens is 1. The van der Waals surface area contributed by atoms with Crippen molar-refractivity contribution in [3.8, 4) is 0 Å². The van der Waals surface area contributed by atoms with Crippen molar-refractivity contribution in [2.24, 2.45) is 5.92 Å². The van der Waals surface area contributed by atoms with Gasteiger partial charge in [0.2, 0.25) is 0 Å². The Morgan fingerprint density at radius 1 is 1.48 bits per heavy atom. The number of rotatable bonds is 5. The summed E-state index contributed by atoms with van der Waals surface area (Å²) < 4.78 is 5.76. The zero-order valence-electron chi connectivity index (χ0n) is 12.9. The van der Waals surface area contributed by atoms with Crippen LogP contribution in [0.3, 0.4) is 0 Å². The van der Waals surface area contributed by atoms with Crippen LogP contribution in [0, 0.1) is 12.8 Å². The lowest BCUT2D eigenvalue weighted by atomic mass is 10.0. The molecular weight excluding hydrogens is 284 g/mol. The molecular formula is C16H24N2O2S. The summed E-state index contributed by atoms with van der Waals surface area (Å²) in [6.45, 7) is 5.47. The Kier molecular flexibility index (Phi) is 4.60. The van der Waals surface area contributed by atoms with Crippen LogP contribution in [0.5, 0.6) is 0 Å². The molecule has 0 unspecified atom stereocenters. The minimum Gasteiger partial charge on any atom is -0.368 e. The fourth-order valence-electron chi connectivity index (χ4n) is 2.85. The lowest BCUT2D eigenvalue weighted by molar-refractivity contribution is -0.147. The molecule has 0 N–H and O–H groups in total. The highest BCUT2D eigenvalue weighted by Crippen LogP contribution is 2.34. The minimum atomic E-state index is -0.327. The van der Waals surface area contributed by atoms with Gasteiger partial charge in [0, 0.05) is 17.6 Å². The van der Waals surface area contributed by atoms with E-state index in [-0.39, 0.29) is 18.1 Å². The van der Waals surface area contributed by atoms with Crippen molar-refractivity contribution in [2.45, 2.75) is 58.1 Å². The molecule has 3 rings (SSSR count). The Labute approximate surface area is 130 Å². The molecule has 1 aromatic rings. The van der Waals surface area contributed by atoms with Gasteiger partial charge in [0.05, 0.1) is 12.6 Å².